The smallest absolute Gasteiger partial charge is 0.228 e. The molecule has 2 amide bonds. The molecule has 1 unspecified atom stereocenters. The zero-order chi connectivity index (χ0) is 22.2. The summed E-state index contributed by atoms with van der Waals surface area (Å²) in [6.07, 6.45) is 7.59. The van der Waals surface area contributed by atoms with Crippen molar-refractivity contribution in [3.05, 3.63) is 67.0 Å². The number of aromatic nitrogens is 1. The second kappa shape index (κ2) is 10.9. The van der Waals surface area contributed by atoms with Gasteiger partial charge in [0.05, 0.1) is 5.92 Å². The highest BCUT2D eigenvalue weighted by Crippen LogP contribution is 2.24. The molecule has 5 nitrogen and oxygen atoms in total. The van der Waals surface area contributed by atoms with Gasteiger partial charge in [-0.25, -0.2) is 0 Å². The van der Waals surface area contributed by atoms with Crippen LogP contribution in [0.1, 0.15) is 32.3 Å². The van der Waals surface area contributed by atoms with E-state index in [9.17, 15) is 9.59 Å². The number of hydrogen-bond donors (Lipinski definition) is 0. The molecule has 2 aromatic rings. The van der Waals surface area contributed by atoms with Crippen LogP contribution >= 0.6 is 0 Å². The monoisotopic (exact) mass is 419 g/mol. The van der Waals surface area contributed by atoms with Gasteiger partial charge >= 0.3 is 0 Å². The number of hydrogen-bond acceptors (Lipinski definition) is 3. The molecule has 0 bridgehead atoms. The van der Waals surface area contributed by atoms with E-state index in [-0.39, 0.29) is 23.7 Å². The Morgan fingerprint density at radius 2 is 1.90 bits per heavy atom. The van der Waals surface area contributed by atoms with Crippen molar-refractivity contribution < 1.29 is 9.59 Å². The van der Waals surface area contributed by atoms with Crippen LogP contribution in [-0.2, 0) is 16.0 Å². The summed E-state index contributed by atoms with van der Waals surface area (Å²) in [6.45, 7) is 10.0. The average Bonchev–Trinajstić information content (AvgIpc) is 2.95. The van der Waals surface area contributed by atoms with Gasteiger partial charge in [0.15, 0.2) is 0 Å². The molecule has 164 valence electrons. The molecule has 1 atom stereocenters. The van der Waals surface area contributed by atoms with Crippen LogP contribution in [0.2, 0.25) is 0 Å². The van der Waals surface area contributed by atoms with Gasteiger partial charge in [-0.15, -0.1) is 6.58 Å². The van der Waals surface area contributed by atoms with E-state index in [0.717, 1.165) is 29.5 Å². The van der Waals surface area contributed by atoms with Crippen LogP contribution in [0.5, 0.6) is 0 Å². The lowest BCUT2D eigenvalue weighted by Crippen LogP contribution is -2.40. The highest BCUT2D eigenvalue weighted by atomic mass is 16.2. The zero-order valence-electron chi connectivity index (χ0n) is 18.7. The Morgan fingerprint density at radius 3 is 2.58 bits per heavy atom. The van der Waals surface area contributed by atoms with E-state index >= 15 is 0 Å². The SMILES string of the molecule is C=CCN1CCN(C(=O)C(CC)CC)CC(Cc2cccc(-c3ccncc3)c2)C1=O. The minimum absolute atomic E-state index is 0.0247. The van der Waals surface area contributed by atoms with Crippen LogP contribution in [-0.4, -0.2) is 52.8 Å². The van der Waals surface area contributed by atoms with Gasteiger partial charge in [0, 0.05) is 44.5 Å². The molecule has 0 saturated carbocycles. The summed E-state index contributed by atoms with van der Waals surface area (Å²) in [6, 6.07) is 12.3. The molecule has 1 aromatic carbocycles. The summed E-state index contributed by atoms with van der Waals surface area (Å²) in [5.41, 5.74) is 3.31. The van der Waals surface area contributed by atoms with Crippen LogP contribution in [0.3, 0.4) is 0 Å². The van der Waals surface area contributed by atoms with E-state index in [1.54, 1.807) is 18.5 Å². The van der Waals surface area contributed by atoms with Gasteiger partial charge in [-0.05, 0) is 48.1 Å². The van der Waals surface area contributed by atoms with Crippen molar-refractivity contribution in [3.8, 4) is 11.1 Å². The molecule has 1 fully saturated rings. The third-order valence-corrected chi connectivity index (χ3v) is 6.16. The Morgan fingerprint density at radius 1 is 1.16 bits per heavy atom. The van der Waals surface area contributed by atoms with Crippen LogP contribution in [0.15, 0.2) is 61.4 Å². The topological polar surface area (TPSA) is 53.5 Å². The molecule has 0 aliphatic carbocycles. The minimum Gasteiger partial charge on any atom is -0.340 e. The summed E-state index contributed by atoms with van der Waals surface area (Å²) < 4.78 is 0. The molecular weight excluding hydrogens is 386 g/mol. The largest absolute Gasteiger partial charge is 0.340 e. The van der Waals surface area contributed by atoms with Crippen molar-refractivity contribution in [2.45, 2.75) is 33.1 Å². The second-order valence-electron chi connectivity index (χ2n) is 8.21. The third kappa shape index (κ3) is 5.60. The summed E-state index contributed by atoms with van der Waals surface area (Å²) in [5, 5.41) is 0. The van der Waals surface area contributed by atoms with Crippen molar-refractivity contribution in [1.82, 2.24) is 14.8 Å². The molecule has 0 N–H and O–H groups in total. The predicted octanol–water partition coefficient (Wildman–Crippen LogP) is 4.20. The molecule has 5 heteroatoms. The minimum atomic E-state index is -0.256. The number of amides is 2. The van der Waals surface area contributed by atoms with Crippen LogP contribution < -0.4 is 0 Å². The normalized spacial score (nSPS) is 17.0. The predicted molar refractivity (Wildman–Crippen MR) is 124 cm³/mol. The van der Waals surface area contributed by atoms with Crippen LogP contribution in [0.25, 0.3) is 11.1 Å². The second-order valence-corrected chi connectivity index (χ2v) is 8.21. The Bertz CT molecular complexity index is 893. The number of carbonyl (C=O) groups is 2. The fourth-order valence-corrected chi connectivity index (χ4v) is 4.34. The van der Waals surface area contributed by atoms with E-state index in [4.69, 9.17) is 0 Å². The molecule has 1 saturated heterocycles. The zero-order valence-corrected chi connectivity index (χ0v) is 18.7. The third-order valence-electron chi connectivity index (χ3n) is 6.16. The highest BCUT2D eigenvalue weighted by molar-refractivity contribution is 5.83. The van der Waals surface area contributed by atoms with Crippen molar-refractivity contribution in [2.75, 3.05) is 26.2 Å². The fourth-order valence-electron chi connectivity index (χ4n) is 4.34. The Labute approximate surface area is 185 Å². The molecule has 3 rings (SSSR count). The molecule has 0 radical (unpaired) electrons. The molecule has 31 heavy (non-hydrogen) atoms. The highest BCUT2D eigenvalue weighted by Gasteiger charge is 2.33. The van der Waals surface area contributed by atoms with Gasteiger partial charge < -0.3 is 9.80 Å². The number of nitrogens with zero attached hydrogens (tertiary/aromatic N) is 3. The maximum absolute atomic E-state index is 13.3. The molecule has 0 spiro atoms. The maximum atomic E-state index is 13.3. The Hall–Kier alpha value is -2.95. The summed E-state index contributed by atoms with van der Waals surface area (Å²) in [7, 11) is 0. The lowest BCUT2D eigenvalue weighted by Gasteiger charge is -2.27. The Kier molecular flexibility index (Phi) is 7.99. The lowest BCUT2D eigenvalue weighted by molar-refractivity contribution is -0.136. The summed E-state index contributed by atoms with van der Waals surface area (Å²) in [4.78, 5) is 34.2. The van der Waals surface area contributed by atoms with Crippen molar-refractivity contribution in [3.63, 3.8) is 0 Å². The van der Waals surface area contributed by atoms with Gasteiger partial charge in [0.25, 0.3) is 0 Å². The van der Waals surface area contributed by atoms with Gasteiger partial charge in [-0.1, -0.05) is 44.2 Å². The molecule has 2 heterocycles. The summed E-state index contributed by atoms with van der Waals surface area (Å²) in [5.74, 6) is 0.0491. The van der Waals surface area contributed by atoms with Crippen molar-refractivity contribution in [1.29, 1.82) is 0 Å². The van der Waals surface area contributed by atoms with Gasteiger partial charge in [0.1, 0.15) is 0 Å². The fraction of sp³-hybridized carbons (Fsp3) is 0.423. The van der Waals surface area contributed by atoms with Crippen molar-refractivity contribution in [2.24, 2.45) is 11.8 Å². The van der Waals surface area contributed by atoms with E-state index in [1.165, 1.54) is 0 Å². The van der Waals surface area contributed by atoms with E-state index in [1.807, 2.05) is 28.0 Å². The van der Waals surface area contributed by atoms with Gasteiger partial charge in [-0.3, -0.25) is 14.6 Å². The number of rotatable bonds is 8. The quantitative estimate of drug-likeness (QED) is 0.603. The standard InChI is InChI=1S/C26H33N3O2/c1-4-14-28-15-16-29(25(30)21(5-2)6-3)19-24(26(28)31)18-20-8-7-9-23(17-20)22-10-12-27-13-11-22/h4,7-13,17,21,24H,1,5-6,14-16,18-19H2,2-3H3. The molecule has 1 aliphatic rings. The Balaban J connectivity index is 1.84. The molecule has 1 aliphatic heterocycles. The maximum Gasteiger partial charge on any atom is 0.228 e. The number of pyridine rings is 1. The first-order chi connectivity index (χ1) is 15.1. The van der Waals surface area contributed by atoms with E-state index < -0.39 is 0 Å². The van der Waals surface area contributed by atoms with Crippen LogP contribution in [0, 0.1) is 11.8 Å². The number of benzene rings is 1. The average molecular weight is 420 g/mol. The van der Waals surface area contributed by atoms with E-state index in [0.29, 0.717) is 32.6 Å². The summed E-state index contributed by atoms with van der Waals surface area (Å²) >= 11 is 0. The first kappa shape index (κ1) is 22.7. The van der Waals surface area contributed by atoms with Crippen LogP contribution in [0.4, 0.5) is 0 Å². The first-order valence-corrected chi connectivity index (χ1v) is 11.2. The lowest BCUT2D eigenvalue weighted by atomic mass is 9.94. The van der Waals surface area contributed by atoms with Gasteiger partial charge in [-0.2, -0.15) is 0 Å². The van der Waals surface area contributed by atoms with Gasteiger partial charge in [0.2, 0.25) is 11.8 Å². The first-order valence-electron chi connectivity index (χ1n) is 11.2. The van der Waals surface area contributed by atoms with Crippen molar-refractivity contribution >= 4 is 11.8 Å². The number of carbonyl (C=O) groups excluding carboxylic acids is 2. The van der Waals surface area contributed by atoms with E-state index in [2.05, 4.69) is 43.6 Å². The molecule has 1 aromatic heterocycles. The molecular formula is C26H33N3O2.